The minimum absolute atomic E-state index is 0.0282. The molecule has 0 aliphatic carbocycles. The quantitative estimate of drug-likeness (QED) is 0.659. The third-order valence-electron chi connectivity index (χ3n) is 4.49. The molecule has 2 amide bonds. The highest BCUT2D eigenvalue weighted by Crippen LogP contribution is 2.24. The molecule has 1 fully saturated rings. The molecule has 0 bridgehead atoms. The van der Waals surface area contributed by atoms with Crippen LogP contribution in [-0.4, -0.2) is 50.3 Å². The van der Waals surface area contributed by atoms with E-state index in [1.54, 1.807) is 17.2 Å². The van der Waals surface area contributed by atoms with E-state index >= 15 is 0 Å². The number of hydrogen-bond acceptors (Lipinski definition) is 5. The summed E-state index contributed by atoms with van der Waals surface area (Å²) in [5.41, 5.74) is 0.412. The van der Waals surface area contributed by atoms with Gasteiger partial charge in [-0.05, 0) is 25.0 Å². The average Bonchev–Trinajstić information content (AvgIpc) is 3.16. The summed E-state index contributed by atoms with van der Waals surface area (Å²) in [7, 11) is 0. The molecule has 0 radical (unpaired) electrons. The molecule has 2 heterocycles. The molecule has 1 N–H and O–H groups in total. The van der Waals surface area contributed by atoms with Crippen molar-refractivity contribution < 1.29 is 14.5 Å². The van der Waals surface area contributed by atoms with E-state index in [2.05, 4.69) is 10.3 Å². The molecule has 1 aromatic heterocycles. The normalized spacial score (nSPS) is 14.9. The van der Waals surface area contributed by atoms with Crippen LogP contribution >= 0.6 is 0 Å². The Morgan fingerprint density at radius 3 is 2.62 bits per heavy atom. The third-order valence-corrected chi connectivity index (χ3v) is 4.49. The third kappa shape index (κ3) is 3.71. The molecule has 1 aliphatic rings. The molecule has 9 heteroatoms. The Labute approximate surface area is 149 Å². The Hall–Kier alpha value is -3.23. The minimum Gasteiger partial charge on any atom is -0.349 e. The van der Waals surface area contributed by atoms with Gasteiger partial charge in [0.25, 0.3) is 11.6 Å². The fourth-order valence-electron chi connectivity index (χ4n) is 3.04. The van der Waals surface area contributed by atoms with Gasteiger partial charge in [-0.2, -0.15) is 0 Å². The first kappa shape index (κ1) is 17.6. The first-order chi connectivity index (χ1) is 12.5. The second-order valence-electron chi connectivity index (χ2n) is 6.18. The zero-order valence-corrected chi connectivity index (χ0v) is 14.3. The molecule has 2 aromatic rings. The number of hydrogen-bond donors (Lipinski definition) is 1. The average molecular weight is 357 g/mol. The monoisotopic (exact) mass is 357 g/mol. The largest absolute Gasteiger partial charge is 0.349 e. The smallest absolute Gasteiger partial charge is 0.294 e. The van der Waals surface area contributed by atoms with Gasteiger partial charge in [0, 0.05) is 50.1 Å². The van der Waals surface area contributed by atoms with Gasteiger partial charge in [0.2, 0.25) is 5.91 Å². The summed E-state index contributed by atoms with van der Waals surface area (Å²) >= 11 is 0. The van der Waals surface area contributed by atoms with Crippen molar-refractivity contribution in [1.82, 2.24) is 19.8 Å². The van der Waals surface area contributed by atoms with Crippen LogP contribution in [0.15, 0.2) is 36.9 Å². The van der Waals surface area contributed by atoms with E-state index in [0.29, 0.717) is 31.6 Å². The number of nitro benzene ring substituents is 1. The molecule has 0 saturated carbocycles. The first-order valence-electron chi connectivity index (χ1n) is 8.29. The second kappa shape index (κ2) is 7.34. The molecule has 0 atom stereocenters. The Morgan fingerprint density at radius 1 is 1.31 bits per heavy atom. The Bertz CT molecular complexity index is 826. The van der Waals surface area contributed by atoms with Crippen LogP contribution < -0.4 is 5.32 Å². The lowest BCUT2D eigenvalue weighted by atomic mass is 10.0. The molecule has 136 valence electrons. The van der Waals surface area contributed by atoms with Gasteiger partial charge < -0.3 is 14.8 Å². The highest BCUT2D eigenvalue weighted by Gasteiger charge is 2.24. The number of nitrogens with zero attached hydrogens (tertiary/aromatic N) is 4. The predicted octanol–water partition coefficient (Wildman–Crippen LogP) is 1.52. The molecule has 1 saturated heterocycles. The highest BCUT2D eigenvalue weighted by molar-refractivity contribution is 5.95. The molecule has 0 unspecified atom stereocenters. The number of aromatic nitrogens is 2. The van der Waals surface area contributed by atoms with Crippen molar-refractivity contribution in [3.63, 3.8) is 0 Å². The van der Waals surface area contributed by atoms with Crippen LogP contribution in [0.25, 0.3) is 5.69 Å². The fourth-order valence-corrected chi connectivity index (χ4v) is 3.04. The number of nitro groups is 1. The number of benzene rings is 1. The van der Waals surface area contributed by atoms with Crippen LogP contribution in [0.5, 0.6) is 0 Å². The van der Waals surface area contributed by atoms with Crippen molar-refractivity contribution in [2.24, 2.45) is 0 Å². The van der Waals surface area contributed by atoms with E-state index in [0.717, 1.165) is 0 Å². The number of imidazole rings is 1. The lowest BCUT2D eigenvalue weighted by Crippen LogP contribution is -2.46. The van der Waals surface area contributed by atoms with Gasteiger partial charge in [-0.3, -0.25) is 19.7 Å². The van der Waals surface area contributed by atoms with E-state index in [1.807, 2.05) is 0 Å². The molecular formula is C17H19N5O4. The number of nitrogens with one attached hydrogen (secondary N) is 1. The van der Waals surface area contributed by atoms with E-state index in [4.69, 9.17) is 0 Å². The molecular weight excluding hydrogens is 338 g/mol. The summed E-state index contributed by atoms with van der Waals surface area (Å²) in [6, 6.07) is 4.32. The second-order valence-corrected chi connectivity index (χ2v) is 6.18. The predicted molar refractivity (Wildman–Crippen MR) is 93.0 cm³/mol. The SMILES string of the molecule is CC(=O)N1CCC(NC(=O)c2ccc(-n3ccnc3)c([N+](=O)[O-])c2)CC1. The molecule has 0 spiro atoms. The summed E-state index contributed by atoms with van der Waals surface area (Å²) in [5, 5.41) is 14.3. The molecule has 1 aromatic carbocycles. The van der Waals surface area contributed by atoms with Crippen LogP contribution in [0.3, 0.4) is 0 Å². The highest BCUT2D eigenvalue weighted by atomic mass is 16.6. The summed E-state index contributed by atoms with van der Waals surface area (Å²) in [5.74, 6) is -0.327. The Morgan fingerprint density at radius 2 is 2.04 bits per heavy atom. The Kier molecular flexibility index (Phi) is 4.97. The van der Waals surface area contributed by atoms with E-state index < -0.39 is 4.92 Å². The maximum atomic E-state index is 12.5. The van der Waals surface area contributed by atoms with Gasteiger partial charge in [-0.25, -0.2) is 4.98 Å². The van der Waals surface area contributed by atoms with Crippen molar-refractivity contribution in [2.75, 3.05) is 13.1 Å². The molecule has 1 aliphatic heterocycles. The van der Waals surface area contributed by atoms with Crippen LogP contribution in [0, 0.1) is 10.1 Å². The number of piperidine rings is 1. The molecule has 3 rings (SSSR count). The van der Waals surface area contributed by atoms with Gasteiger partial charge in [0.05, 0.1) is 11.3 Å². The Balaban J connectivity index is 1.73. The molecule has 9 nitrogen and oxygen atoms in total. The number of rotatable bonds is 4. The number of carbonyl (C=O) groups is 2. The van der Waals surface area contributed by atoms with Crippen molar-refractivity contribution in [3.05, 3.63) is 52.6 Å². The van der Waals surface area contributed by atoms with Crippen LogP contribution in [0.1, 0.15) is 30.1 Å². The maximum absolute atomic E-state index is 12.5. The van der Waals surface area contributed by atoms with Crippen molar-refractivity contribution in [2.45, 2.75) is 25.8 Å². The molecule has 26 heavy (non-hydrogen) atoms. The number of carbonyl (C=O) groups excluding carboxylic acids is 2. The van der Waals surface area contributed by atoms with Crippen molar-refractivity contribution in [1.29, 1.82) is 0 Å². The van der Waals surface area contributed by atoms with Crippen molar-refractivity contribution >= 4 is 17.5 Å². The van der Waals surface area contributed by atoms with Crippen LogP contribution in [0.4, 0.5) is 5.69 Å². The number of likely N-dealkylation sites (tertiary alicyclic amines) is 1. The lowest BCUT2D eigenvalue weighted by Gasteiger charge is -2.31. The van der Waals surface area contributed by atoms with Gasteiger partial charge >= 0.3 is 0 Å². The fraction of sp³-hybridized carbons (Fsp3) is 0.353. The van der Waals surface area contributed by atoms with Crippen LogP contribution in [-0.2, 0) is 4.79 Å². The number of amides is 2. The van der Waals surface area contributed by atoms with Gasteiger partial charge in [0.1, 0.15) is 5.69 Å². The topological polar surface area (TPSA) is 110 Å². The lowest BCUT2D eigenvalue weighted by molar-refractivity contribution is -0.384. The maximum Gasteiger partial charge on any atom is 0.294 e. The summed E-state index contributed by atoms with van der Waals surface area (Å²) in [4.78, 5) is 40.3. The van der Waals surface area contributed by atoms with Gasteiger partial charge in [-0.15, -0.1) is 0 Å². The standard InChI is InChI=1S/C17H19N5O4/c1-12(23)20-7-4-14(5-8-20)19-17(24)13-2-3-15(16(10-13)22(25)26)21-9-6-18-11-21/h2-3,6,9-11,14H,4-5,7-8H2,1H3,(H,19,24). The summed E-state index contributed by atoms with van der Waals surface area (Å²) in [6.07, 6.45) is 5.93. The zero-order valence-electron chi connectivity index (χ0n) is 14.3. The summed E-state index contributed by atoms with van der Waals surface area (Å²) < 4.78 is 1.53. The van der Waals surface area contributed by atoms with Gasteiger partial charge in [-0.1, -0.05) is 0 Å². The summed E-state index contributed by atoms with van der Waals surface area (Å²) in [6.45, 7) is 2.72. The first-order valence-corrected chi connectivity index (χ1v) is 8.29. The van der Waals surface area contributed by atoms with Gasteiger partial charge in [0.15, 0.2) is 0 Å². The van der Waals surface area contributed by atoms with E-state index in [-0.39, 0.29) is 29.1 Å². The van der Waals surface area contributed by atoms with Crippen molar-refractivity contribution in [3.8, 4) is 5.69 Å². The minimum atomic E-state index is -0.516. The van der Waals surface area contributed by atoms with E-state index in [9.17, 15) is 19.7 Å². The zero-order chi connectivity index (χ0) is 18.7. The van der Waals surface area contributed by atoms with Crippen LogP contribution in [0.2, 0.25) is 0 Å². The van der Waals surface area contributed by atoms with E-state index in [1.165, 1.54) is 36.1 Å².